The van der Waals surface area contributed by atoms with Gasteiger partial charge in [-0.3, -0.25) is 9.80 Å². The first kappa shape index (κ1) is 20.2. The topological polar surface area (TPSA) is 6.48 Å². The lowest BCUT2D eigenvalue weighted by Gasteiger charge is -2.42. The van der Waals surface area contributed by atoms with Crippen molar-refractivity contribution < 1.29 is 0 Å². The Morgan fingerprint density at radius 3 is 1.97 bits per heavy atom. The van der Waals surface area contributed by atoms with Crippen molar-refractivity contribution in [2.45, 2.75) is 32.0 Å². The fraction of sp³-hybridized carbons (Fsp3) is 0.308. The molecule has 1 heterocycles. The molecule has 0 amide bonds. The van der Waals surface area contributed by atoms with Gasteiger partial charge in [0.2, 0.25) is 0 Å². The quantitative estimate of drug-likeness (QED) is 0.501. The lowest BCUT2D eigenvalue weighted by Crippen LogP contribution is -2.52. The number of rotatable bonds is 7. The van der Waals surface area contributed by atoms with Crippen molar-refractivity contribution in [3.8, 4) is 0 Å². The maximum atomic E-state index is 6.06. The van der Waals surface area contributed by atoms with Crippen LogP contribution in [0.15, 0.2) is 84.9 Å². The van der Waals surface area contributed by atoms with Crippen LogP contribution in [0.2, 0.25) is 5.02 Å². The molecular weight excluding hydrogens is 376 g/mol. The first-order chi connectivity index (χ1) is 14.3. The van der Waals surface area contributed by atoms with E-state index in [1.165, 1.54) is 23.1 Å². The molecule has 0 spiro atoms. The van der Waals surface area contributed by atoms with Crippen LogP contribution >= 0.6 is 11.6 Å². The SMILES string of the molecule is Clc1ccc(CCC2CN(Cc3ccccc3)CCN2Cc2ccccc2)cc1. The van der Waals surface area contributed by atoms with Gasteiger partial charge in [0, 0.05) is 43.8 Å². The van der Waals surface area contributed by atoms with Crippen LogP contribution in [0.3, 0.4) is 0 Å². The minimum Gasteiger partial charge on any atom is -0.296 e. The van der Waals surface area contributed by atoms with Crippen LogP contribution < -0.4 is 0 Å². The van der Waals surface area contributed by atoms with E-state index in [1.54, 1.807) is 0 Å². The Bertz CT molecular complexity index is 864. The molecule has 0 N–H and O–H groups in total. The van der Waals surface area contributed by atoms with Crippen molar-refractivity contribution >= 4 is 11.6 Å². The Labute approximate surface area is 179 Å². The van der Waals surface area contributed by atoms with Crippen LogP contribution in [0.1, 0.15) is 23.1 Å². The number of benzene rings is 3. The maximum Gasteiger partial charge on any atom is 0.0406 e. The molecule has 1 saturated heterocycles. The highest BCUT2D eigenvalue weighted by atomic mass is 35.5. The molecule has 0 radical (unpaired) electrons. The molecule has 3 heteroatoms. The second kappa shape index (κ2) is 10.1. The summed E-state index contributed by atoms with van der Waals surface area (Å²) in [5.74, 6) is 0. The molecule has 0 aliphatic carbocycles. The molecule has 0 aromatic heterocycles. The highest BCUT2D eigenvalue weighted by Crippen LogP contribution is 2.21. The van der Waals surface area contributed by atoms with Crippen molar-refractivity contribution in [3.05, 3.63) is 107 Å². The molecule has 1 aliphatic heterocycles. The minimum atomic E-state index is 0.559. The second-order valence-electron chi connectivity index (χ2n) is 8.00. The Morgan fingerprint density at radius 1 is 0.690 bits per heavy atom. The summed E-state index contributed by atoms with van der Waals surface area (Å²) < 4.78 is 0. The molecule has 150 valence electrons. The number of nitrogens with zero attached hydrogens (tertiary/aromatic N) is 2. The summed E-state index contributed by atoms with van der Waals surface area (Å²) in [5.41, 5.74) is 4.18. The van der Waals surface area contributed by atoms with Crippen LogP contribution in [0.25, 0.3) is 0 Å². The number of halogens is 1. The third kappa shape index (κ3) is 5.93. The predicted molar refractivity (Wildman–Crippen MR) is 122 cm³/mol. The van der Waals surface area contributed by atoms with Gasteiger partial charge < -0.3 is 0 Å². The van der Waals surface area contributed by atoms with Gasteiger partial charge in [-0.05, 0) is 41.7 Å². The largest absolute Gasteiger partial charge is 0.296 e. The highest BCUT2D eigenvalue weighted by molar-refractivity contribution is 6.30. The van der Waals surface area contributed by atoms with Gasteiger partial charge in [-0.2, -0.15) is 0 Å². The van der Waals surface area contributed by atoms with E-state index >= 15 is 0 Å². The second-order valence-corrected chi connectivity index (χ2v) is 8.43. The summed E-state index contributed by atoms with van der Waals surface area (Å²) in [6, 6.07) is 30.6. The van der Waals surface area contributed by atoms with Crippen LogP contribution in [0, 0.1) is 0 Å². The summed E-state index contributed by atoms with van der Waals surface area (Å²) in [6.07, 6.45) is 2.26. The summed E-state index contributed by atoms with van der Waals surface area (Å²) >= 11 is 6.06. The van der Waals surface area contributed by atoms with E-state index in [1.807, 2.05) is 12.1 Å². The van der Waals surface area contributed by atoms with Gasteiger partial charge in [0.1, 0.15) is 0 Å². The average molecular weight is 405 g/mol. The zero-order valence-electron chi connectivity index (χ0n) is 16.9. The average Bonchev–Trinajstić information content (AvgIpc) is 2.76. The van der Waals surface area contributed by atoms with E-state index in [0.29, 0.717) is 6.04 Å². The summed E-state index contributed by atoms with van der Waals surface area (Å²) in [7, 11) is 0. The Kier molecular flexibility index (Phi) is 7.00. The third-order valence-electron chi connectivity index (χ3n) is 5.85. The van der Waals surface area contributed by atoms with Crippen LogP contribution in [0.5, 0.6) is 0 Å². The first-order valence-corrected chi connectivity index (χ1v) is 10.9. The molecule has 3 aromatic carbocycles. The fourth-order valence-electron chi connectivity index (χ4n) is 4.23. The number of aryl methyl sites for hydroxylation is 1. The van der Waals surface area contributed by atoms with Crippen LogP contribution in [0.4, 0.5) is 0 Å². The number of hydrogen-bond acceptors (Lipinski definition) is 2. The van der Waals surface area contributed by atoms with E-state index in [4.69, 9.17) is 11.6 Å². The van der Waals surface area contributed by atoms with Gasteiger partial charge in [0.25, 0.3) is 0 Å². The van der Waals surface area contributed by atoms with Gasteiger partial charge in [0.15, 0.2) is 0 Å². The van der Waals surface area contributed by atoms with E-state index in [0.717, 1.165) is 44.2 Å². The van der Waals surface area contributed by atoms with Gasteiger partial charge in [-0.1, -0.05) is 84.4 Å². The molecule has 1 unspecified atom stereocenters. The predicted octanol–water partition coefficient (Wildman–Crippen LogP) is 5.66. The smallest absolute Gasteiger partial charge is 0.0406 e. The molecule has 1 fully saturated rings. The van der Waals surface area contributed by atoms with Crippen LogP contribution in [-0.2, 0) is 19.5 Å². The van der Waals surface area contributed by atoms with E-state index < -0.39 is 0 Å². The van der Waals surface area contributed by atoms with Gasteiger partial charge in [-0.15, -0.1) is 0 Å². The van der Waals surface area contributed by atoms with E-state index in [-0.39, 0.29) is 0 Å². The number of piperazine rings is 1. The molecule has 3 aromatic rings. The number of hydrogen-bond donors (Lipinski definition) is 0. The van der Waals surface area contributed by atoms with Crippen LogP contribution in [-0.4, -0.2) is 35.5 Å². The van der Waals surface area contributed by atoms with Crippen molar-refractivity contribution in [1.82, 2.24) is 9.80 Å². The van der Waals surface area contributed by atoms with Crippen molar-refractivity contribution in [2.75, 3.05) is 19.6 Å². The molecule has 2 nitrogen and oxygen atoms in total. The maximum absolute atomic E-state index is 6.06. The van der Waals surface area contributed by atoms with Crippen molar-refractivity contribution in [3.63, 3.8) is 0 Å². The molecule has 29 heavy (non-hydrogen) atoms. The molecule has 0 saturated carbocycles. The normalized spacial score (nSPS) is 18.0. The third-order valence-corrected chi connectivity index (χ3v) is 6.10. The van der Waals surface area contributed by atoms with Gasteiger partial charge in [0.05, 0.1) is 0 Å². The minimum absolute atomic E-state index is 0.559. The molecule has 1 atom stereocenters. The zero-order chi connectivity index (χ0) is 19.9. The Morgan fingerprint density at radius 2 is 1.31 bits per heavy atom. The van der Waals surface area contributed by atoms with Crippen molar-refractivity contribution in [2.24, 2.45) is 0 Å². The van der Waals surface area contributed by atoms with E-state index in [9.17, 15) is 0 Å². The lowest BCUT2D eigenvalue weighted by molar-refractivity contribution is 0.0597. The summed E-state index contributed by atoms with van der Waals surface area (Å²) in [6.45, 7) is 5.43. The molecular formula is C26H29ClN2. The molecule has 4 rings (SSSR count). The fourth-order valence-corrected chi connectivity index (χ4v) is 4.35. The lowest BCUT2D eigenvalue weighted by atomic mass is 10.0. The Hall–Kier alpha value is -2.13. The molecule has 1 aliphatic rings. The van der Waals surface area contributed by atoms with E-state index in [2.05, 4.69) is 82.6 Å². The van der Waals surface area contributed by atoms with Gasteiger partial charge in [-0.25, -0.2) is 0 Å². The Balaban J connectivity index is 1.43. The van der Waals surface area contributed by atoms with Crippen molar-refractivity contribution in [1.29, 1.82) is 0 Å². The monoisotopic (exact) mass is 404 g/mol. The summed E-state index contributed by atoms with van der Waals surface area (Å²) in [5, 5.41) is 0.811. The standard InChI is InChI=1S/C26H29ClN2/c27-25-14-11-22(12-15-25)13-16-26-21-28(19-23-7-3-1-4-8-23)17-18-29(26)20-24-9-5-2-6-10-24/h1-12,14-15,26H,13,16-21H2. The first-order valence-electron chi connectivity index (χ1n) is 10.5. The van der Waals surface area contributed by atoms with Gasteiger partial charge >= 0.3 is 0 Å². The molecule has 0 bridgehead atoms. The zero-order valence-corrected chi connectivity index (χ0v) is 17.6. The summed E-state index contributed by atoms with van der Waals surface area (Å²) in [4.78, 5) is 5.29. The highest BCUT2D eigenvalue weighted by Gasteiger charge is 2.26.